The van der Waals surface area contributed by atoms with Crippen LogP contribution in [0.4, 0.5) is 0 Å². The Morgan fingerprint density at radius 1 is 0.643 bits per heavy atom. The molecule has 4 nitrogen and oxygen atoms in total. The Morgan fingerprint density at radius 2 is 1.25 bits per heavy atom. The molecule has 0 saturated carbocycles. The van der Waals surface area contributed by atoms with Gasteiger partial charge in [0, 0.05) is 11.6 Å². The molecule has 6 heteroatoms. The van der Waals surface area contributed by atoms with Gasteiger partial charge >= 0.3 is 0 Å². The fourth-order valence-corrected chi connectivity index (χ4v) is 5.58. The molecule has 4 aromatic rings. The monoisotopic (exact) mass is 410 g/mol. The summed E-state index contributed by atoms with van der Waals surface area (Å²) in [6.45, 7) is 1.90. The average Bonchev–Trinajstić information content (AvgIpc) is 2.66. The second-order valence-corrected chi connectivity index (χ2v) is 10.8. The topological polar surface area (TPSA) is 68.3 Å². The maximum Gasteiger partial charge on any atom is 0.206 e. The first-order chi connectivity index (χ1) is 13.2. The summed E-state index contributed by atoms with van der Waals surface area (Å²) in [5, 5.41) is 2.68. The molecule has 0 radical (unpaired) electrons. The highest BCUT2D eigenvalue weighted by Crippen LogP contribution is 2.33. The van der Waals surface area contributed by atoms with Crippen molar-refractivity contribution >= 4 is 41.2 Å². The highest BCUT2D eigenvalue weighted by Gasteiger charge is 2.20. The molecule has 0 amide bonds. The van der Waals surface area contributed by atoms with E-state index in [1.807, 2.05) is 19.1 Å². The molecule has 0 aromatic heterocycles. The molecule has 0 unspecified atom stereocenters. The molecule has 142 valence electrons. The second kappa shape index (κ2) is 6.43. The van der Waals surface area contributed by atoms with Crippen LogP contribution in [-0.2, 0) is 19.7 Å². The zero-order valence-electron chi connectivity index (χ0n) is 15.4. The molecule has 0 fully saturated rings. The summed E-state index contributed by atoms with van der Waals surface area (Å²) in [6, 6.07) is 20.3. The van der Waals surface area contributed by atoms with Crippen LogP contribution in [0.1, 0.15) is 5.56 Å². The van der Waals surface area contributed by atoms with Crippen LogP contribution in [0.5, 0.6) is 0 Å². The highest BCUT2D eigenvalue weighted by atomic mass is 32.2. The van der Waals surface area contributed by atoms with E-state index in [2.05, 4.69) is 0 Å². The molecule has 0 atom stereocenters. The van der Waals surface area contributed by atoms with Crippen molar-refractivity contribution in [1.82, 2.24) is 0 Å². The van der Waals surface area contributed by atoms with E-state index < -0.39 is 19.7 Å². The van der Waals surface area contributed by atoms with Gasteiger partial charge in [-0.15, -0.1) is 0 Å². The molecule has 28 heavy (non-hydrogen) atoms. The molecule has 0 aliphatic rings. The van der Waals surface area contributed by atoms with Gasteiger partial charge < -0.3 is 0 Å². The maximum atomic E-state index is 13.1. The summed E-state index contributed by atoms with van der Waals surface area (Å²) in [4.78, 5) is 0.653. The third-order valence-corrected chi connectivity index (χ3v) is 7.74. The van der Waals surface area contributed by atoms with Crippen LogP contribution >= 0.6 is 0 Å². The molecule has 4 rings (SSSR count). The van der Waals surface area contributed by atoms with Crippen LogP contribution in [0, 0.1) is 6.92 Å². The predicted octanol–water partition coefficient (Wildman–Crippen LogP) is 4.54. The van der Waals surface area contributed by atoms with Crippen molar-refractivity contribution in [3.63, 3.8) is 0 Å². The second-order valence-electron chi connectivity index (χ2n) is 6.89. The van der Waals surface area contributed by atoms with Crippen LogP contribution in [0.15, 0.2) is 87.5 Å². The van der Waals surface area contributed by atoms with Gasteiger partial charge in [-0.3, -0.25) is 0 Å². The van der Waals surface area contributed by atoms with Gasteiger partial charge in [0.2, 0.25) is 9.84 Å². The van der Waals surface area contributed by atoms with Crippen molar-refractivity contribution in [3.05, 3.63) is 78.4 Å². The molecule has 0 aliphatic heterocycles. The van der Waals surface area contributed by atoms with Crippen molar-refractivity contribution in [1.29, 1.82) is 0 Å². The van der Waals surface area contributed by atoms with E-state index >= 15 is 0 Å². The summed E-state index contributed by atoms with van der Waals surface area (Å²) in [7, 11) is -7.10. The highest BCUT2D eigenvalue weighted by molar-refractivity contribution is 7.91. The molecule has 0 bridgehead atoms. The van der Waals surface area contributed by atoms with E-state index in [1.54, 1.807) is 54.6 Å². The summed E-state index contributed by atoms with van der Waals surface area (Å²) < 4.78 is 50.6. The Bertz CT molecular complexity index is 1430. The Hall–Kier alpha value is -2.70. The van der Waals surface area contributed by atoms with Crippen molar-refractivity contribution < 1.29 is 16.8 Å². The molecule has 0 saturated heterocycles. The van der Waals surface area contributed by atoms with Gasteiger partial charge in [0.1, 0.15) is 0 Å². The maximum absolute atomic E-state index is 13.1. The lowest BCUT2D eigenvalue weighted by molar-refractivity contribution is 0.595. The van der Waals surface area contributed by atoms with E-state index in [1.165, 1.54) is 12.3 Å². The first kappa shape index (κ1) is 18.7. The van der Waals surface area contributed by atoms with Crippen molar-refractivity contribution in [2.24, 2.45) is 0 Å². The SMILES string of the molecule is Cc1ccc(S(=O)(=O)c2ccc3cc(S(C)(=O)=O)c4ccccc4c3c2)cc1. The first-order valence-corrected chi connectivity index (χ1v) is 12.0. The van der Waals surface area contributed by atoms with Crippen molar-refractivity contribution in [3.8, 4) is 0 Å². The molecule has 0 heterocycles. The first-order valence-electron chi connectivity index (χ1n) is 8.65. The molecule has 4 aromatic carbocycles. The van der Waals surface area contributed by atoms with Crippen molar-refractivity contribution in [2.45, 2.75) is 21.6 Å². The van der Waals surface area contributed by atoms with Crippen LogP contribution in [0.25, 0.3) is 21.5 Å². The number of benzene rings is 4. The minimum atomic E-state index is -3.67. The summed E-state index contributed by atoms with van der Waals surface area (Å²) >= 11 is 0. The van der Waals surface area contributed by atoms with Gasteiger partial charge in [-0.25, -0.2) is 16.8 Å². The lowest BCUT2D eigenvalue weighted by atomic mass is 10.0. The Labute approximate surface area is 164 Å². The number of aryl methyl sites for hydroxylation is 1. The van der Waals surface area contributed by atoms with Crippen LogP contribution in [0.3, 0.4) is 0 Å². The lowest BCUT2D eigenvalue weighted by Gasteiger charge is -2.11. The fourth-order valence-electron chi connectivity index (χ4n) is 3.37. The molecular formula is C22H18O4S2. The molecule has 0 N–H and O–H groups in total. The average molecular weight is 411 g/mol. The third-order valence-electron chi connectivity index (χ3n) is 4.84. The largest absolute Gasteiger partial charge is 0.224 e. The Morgan fingerprint density at radius 3 is 1.89 bits per heavy atom. The summed E-state index contributed by atoms with van der Waals surface area (Å²) in [5.41, 5.74) is 0.983. The van der Waals surface area contributed by atoms with Crippen LogP contribution < -0.4 is 0 Å². The quantitative estimate of drug-likeness (QED) is 0.465. The Balaban J connectivity index is 2.03. The zero-order valence-corrected chi connectivity index (χ0v) is 17.0. The minimum absolute atomic E-state index is 0.182. The number of sulfone groups is 2. The van der Waals surface area contributed by atoms with Gasteiger partial charge in [-0.05, 0) is 53.4 Å². The molecule has 0 spiro atoms. The normalized spacial score (nSPS) is 12.5. The third kappa shape index (κ3) is 3.08. The van der Waals surface area contributed by atoms with Gasteiger partial charge in [0.05, 0.1) is 14.7 Å². The van der Waals surface area contributed by atoms with Gasteiger partial charge in [0.15, 0.2) is 9.84 Å². The number of hydrogen-bond acceptors (Lipinski definition) is 4. The van der Waals surface area contributed by atoms with Gasteiger partial charge in [-0.1, -0.05) is 48.0 Å². The van der Waals surface area contributed by atoms with E-state index in [0.29, 0.717) is 21.5 Å². The molecule has 0 aliphatic carbocycles. The smallest absolute Gasteiger partial charge is 0.206 e. The fraction of sp³-hybridized carbons (Fsp3) is 0.0909. The van der Waals surface area contributed by atoms with E-state index in [-0.39, 0.29) is 14.7 Å². The van der Waals surface area contributed by atoms with Crippen molar-refractivity contribution in [2.75, 3.05) is 6.26 Å². The lowest BCUT2D eigenvalue weighted by Crippen LogP contribution is -2.03. The number of hydrogen-bond donors (Lipinski definition) is 0. The van der Waals surface area contributed by atoms with Crippen LogP contribution in [0.2, 0.25) is 0 Å². The van der Waals surface area contributed by atoms with Gasteiger partial charge in [-0.2, -0.15) is 0 Å². The molecular weight excluding hydrogens is 392 g/mol. The van der Waals surface area contributed by atoms with E-state index in [9.17, 15) is 16.8 Å². The minimum Gasteiger partial charge on any atom is -0.224 e. The Kier molecular flexibility index (Phi) is 4.28. The van der Waals surface area contributed by atoms with Gasteiger partial charge in [0.25, 0.3) is 0 Å². The summed E-state index contributed by atoms with van der Waals surface area (Å²) in [6.07, 6.45) is 1.18. The standard InChI is InChI=1S/C22H18O4S2/c1-15-7-10-17(11-8-15)28(25,26)18-12-9-16-13-22(27(2,23)24)20-6-4-3-5-19(20)21(16)14-18/h3-14H,1-2H3. The van der Waals surface area contributed by atoms with E-state index in [0.717, 1.165) is 5.56 Å². The van der Waals surface area contributed by atoms with Crippen LogP contribution in [-0.4, -0.2) is 23.1 Å². The number of fused-ring (bicyclic) bond motifs is 3. The summed E-state index contributed by atoms with van der Waals surface area (Å²) in [5.74, 6) is 0. The van der Waals surface area contributed by atoms with E-state index in [4.69, 9.17) is 0 Å². The predicted molar refractivity (Wildman–Crippen MR) is 111 cm³/mol. The number of rotatable bonds is 3. The zero-order chi connectivity index (χ0) is 20.1.